The Balaban J connectivity index is 2.79. The van der Waals surface area contributed by atoms with Gasteiger partial charge in [-0.05, 0) is 32.6 Å². The van der Waals surface area contributed by atoms with Gasteiger partial charge in [-0.2, -0.15) is 0 Å². The van der Waals surface area contributed by atoms with E-state index in [1.54, 1.807) is 6.92 Å². The summed E-state index contributed by atoms with van der Waals surface area (Å²) in [6.45, 7) is 2.15. The molecule has 0 aliphatic heterocycles. The summed E-state index contributed by atoms with van der Waals surface area (Å²) in [5.41, 5.74) is 6.51. The molecule has 0 aliphatic rings. The number of hydrogen-bond acceptors (Lipinski definition) is 3. The van der Waals surface area contributed by atoms with Crippen LogP contribution in [0.5, 0.6) is 0 Å². The highest BCUT2D eigenvalue weighted by Gasteiger charge is 2.18. The molecule has 0 saturated heterocycles. The van der Waals surface area contributed by atoms with E-state index >= 15 is 0 Å². The first kappa shape index (κ1) is 15.0. The molecule has 1 aromatic rings. The molecule has 0 saturated carbocycles. The van der Waals surface area contributed by atoms with Crippen LogP contribution in [0.15, 0.2) is 24.3 Å². The van der Waals surface area contributed by atoms with E-state index < -0.39 is 6.04 Å². The summed E-state index contributed by atoms with van der Waals surface area (Å²) >= 11 is 6.18. The highest BCUT2D eigenvalue weighted by Crippen LogP contribution is 2.25. The number of nitrogens with two attached hydrogens (primary N) is 1. The number of carbonyl (C=O) groups is 1. The topological polar surface area (TPSA) is 58.4 Å². The van der Waals surface area contributed by atoms with Crippen LogP contribution in [0.3, 0.4) is 0 Å². The minimum absolute atomic E-state index is 0.0291. The molecule has 100 valence electrons. The van der Waals surface area contributed by atoms with E-state index in [9.17, 15) is 4.79 Å². The van der Waals surface area contributed by atoms with E-state index in [0.29, 0.717) is 11.6 Å². The molecule has 1 aromatic carbocycles. The number of halogens is 1. The Kier molecular flexibility index (Phi) is 5.59. The van der Waals surface area contributed by atoms with Crippen molar-refractivity contribution in [1.82, 2.24) is 10.2 Å². The van der Waals surface area contributed by atoms with Gasteiger partial charge < -0.3 is 16.0 Å². The molecule has 0 spiro atoms. The van der Waals surface area contributed by atoms with E-state index in [2.05, 4.69) is 5.32 Å². The molecule has 0 aromatic heterocycles. The molecular weight excluding hydrogens is 250 g/mol. The lowest BCUT2D eigenvalue weighted by Crippen LogP contribution is -2.42. The third-order valence-corrected chi connectivity index (χ3v) is 3.11. The zero-order valence-corrected chi connectivity index (χ0v) is 11.7. The van der Waals surface area contributed by atoms with E-state index in [4.69, 9.17) is 17.3 Å². The Morgan fingerprint density at radius 1 is 1.44 bits per heavy atom. The van der Waals surface area contributed by atoms with Crippen molar-refractivity contribution in [3.8, 4) is 0 Å². The summed E-state index contributed by atoms with van der Waals surface area (Å²) in [6.07, 6.45) is 0. The maximum absolute atomic E-state index is 11.5. The maximum Gasteiger partial charge on any atom is 0.236 e. The second-order valence-corrected chi connectivity index (χ2v) is 4.94. The minimum atomic E-state index is -0.501. The molecule has 1 amide bonds. The van der Waals surface area contributed by atoms with Crippen LogP contribution < -0.4 is 11.1 Å². The van der Waals surface area contributed by atoms with Crippen LogP contribution >= 0.6 is 11.6 Å². The average molecular weight is 270 g/mol. The minimum Gasteiger partial charge on any atom is -0.353 e. The van der Waals surface area contributed by atoms with E-state index in [1.165, 1.54) is 0 Å². The maximum atomic E-state index is 11.5. The average Bonchev–Trinajstić information content (AvgIpc) is 2.30. The molecule has 2 unspecified atom stereocenters. The normalized spacial score (nSPS) is 14.3. The largest absolute Gasteiger partial charge is 0.353 e. The van der Waals surface area contributed by atoms with Crippen LogP contribution in [-0.4, -0.2) is 37.5 Å². The molecule has 2 atom stereocenters. The van der Waals surface area contributed by atoms with Crippen LogP contribution in [0, 0.1) is 0 Å². The van der Waals surface area contributed by atoms with Crippen LogP contribution in [0.1, 0.15) is 18.5 Å². The van der Waals surface area contributed by atoms with Gasteiger partial charge in [0.1, 0.15) is 0 Å². The summed E-state index contributed by atoms with van der Waals surface area (Å²) in [7, 11) is 3.90. The van der Waals surface area contributed by atoms with Crippen molar-refractivity contribution >= 4 is 17.5 Å². The molecule has 0 radical (unpaired) electrons. The smallest absolute Gasteiger partial charge is 0.236 e. The van der Waals surface area contributed by atoms with Crippen molar-refractivity contribution in [2.75, 3.05) is 20.6 Å². The van der Waals surface area contributed by atoms with Crippen molar-refractivity contribution in [3.05, 3.63) is 34.9 Å². The van der Waals surface area contributed by atoms with Crippen LogP contribution in [0.25, 0.3) is 0 Å². The van der Waals surface area contributed by atoms with Crippen LogP contribution in [0.2, 0.25) is 5.02 Å². The zero-order valence-electron chi connectivity index (χ0n) is 11.0. The molecule has 0 bridgehead atoms. The Labute approximate surface area is 113 Å². The van der Waals surface area contributed by atoms with Gasteiger partial charge in [0.05, 0.1) is 12.1 Å². The fraction of sp³-hybridized carbons (Fsp3) is 0.462. The summed E-state index contributed by atoms with van der Waals surface area (Å²) in [6, 6.07) is 7.16. The number of amides is 1. The molecule has 3 N–H and O–H groups in total. The molecule has 0 heterocycles. The number of hydrogen-bond donors (Lipinski definition) is 2. The highest BCUT2D eigenvalue weighted by atomic mass is 35.5. The number of benzene rings is 1. The van der Waals surface area contributed by atoms with Gasteiger partial charge in [-0.1, -0.05) is 29.8 Å². The molecule has 4 nitrogen and oxygen atoms in total. The second kappa shape index (κ2) is 6.73. The van der Waals surface area contributed by atoms with E-state index in [-0.39, 0.29) is 11.9 Å². The molecule has 1 rings (SSSR count). The van der Waals surface area contributed by atoms with Gasteiger partial charge in [0.2, 0.25) is 5.91 Å². The van der Waals surface area contributed by atoms with Gasteiger partial charge in [-0.25, -0.2) is 0 Å². The Morgan fingerprint density at radius 3 is 2.56 bits per heavy atom. The van der Waals surface area contributed by atoms with Crippen molar-refractivity contribution in [2.45, 2.75) is 19.0 Å². The fourth-order valence-corrected chi connectivity index (χ4v) is 1.94. The number of carbonyl (C=O) groups excluding carboxylic acids is 1. The Morgan fingerprint density at radius 2 is 2.06 bits per heavy atom. The highest BCUT2D eigenvalue weighted by molar-refractivity contribution is 6.31. The summed E-state index contributed by atoms with van der Waals surface area (Å²) in [5.74, 6) is -0.158. The van der Waals surface area contributed by atoms with Crippen LogP contribution in [-0.2, 0) is 4.79 Å². The monoisotopic (exact) mass is 269 g/mol. The first-order chi connectivity index (χ1) is 8.43. The van der Waals surface area contributed by atoms with E-state index in [1.807, 2.05) is 43.3 Å². The zero-order chi connectivity index (χ0) is 13.7. The second-order valence-electron chi connectivity index (χ2n) is 4.53. The van der Waals surface area contributed by atoms with Crippen LogP contribution in [0.4, 0.5) is 0 Å². The summed E-state index contributed by atoms with van der Waals surface area (Å²) < 4.78 is 0. The predicted octanol–water partition coefficient (Wildman–Crippen LogP) is 1.41. The Hall–Kier alpha value is -1.10. The van der Waals surface area contributed by atoms with E-state index in [0.717, 1.165) is 5.56 Å². The molecule has 0 fully saturated rings. The first-order valence-corrected chi connectivity index (χ1v) is 6.25. The van der Waals surface area contributed by atoms with Gasteiger partial charge in [0, 0.05) is 11.6 Å². The molecule has 0 aliphatic carbocycles. The summed E-state index contributed by atoms with van der Waals surface area (Å²) in [5, 5.41) is 3.53. The Bertz CT molecular complexity index is 407. The van der Waals surface area contributed by atoms with Gasteiger partial charge in [-0.15, -0.1) is 0 Å². The van der Waals surface area contributed by atoms with Gasteiger partial charge in [0.15, 0.2) is 0 Å². The number of likely N-dealkylation sites (N-methyl/N-ethyl adjacent to an activating group) is 1. The van der Waals surface area contributed by atoms with Gasteiger partial charge in [-0.3, -0.25) is 4.79 Å². The van der Waals surface area contributed by atoms with Crippen molar-refractivity contribution in [2.24, 2.45) is 5.73 Å². The summed E-state index contributed by atoms with van der Waals surface area (Å²) in [4.78, 5) is 13.5. The lowest BCUT2D eigenvalue weighted by molar-refractivity contribution is -0.122. The number of nitrogens with zero attached hydrogens (tertiary/aromatic N) is 1. The third-order valence-electron chi connectivity index (χ3n) is 2.77. The van der Waals surface area contributed by atoms with Gasteiger partial charge in [0.25, 0.3) is 0 Å². The van der Waals surface area contributed by atoms with Gasteiger partial charge >= 0.3 is 0 Å². The molecule has 5 heteroatoms. The third kappa shape index (κ3) is 3.98. The van der Waals surface area contributed by atoms with Crippen molar-refractivity contribution in [1.29, 1.82) is 0 Å². The molecular formula is C13H20ClN3O. The SMILES string of the molecule is CC(N)C(=O)NCC(c1ccccc1Cl)N(C)C. The number of rotatable bonds is 5. The molecule has 18 heavy (non-hydrogen) atoms. The lowest BCUT2D eigenvalue weighted by atomic mass is 10.1. The predicted molar refractivity (Wildman–Crippen MR) is 74.5 cm³/mol. The standard InChI is InChI=1S/C13H20ClN3O/c1-9(15)13(18)16-8-12(17(2)3)10-6-4-5-7-11(10)14/h4-7,9,12H,8,15H2,1-3H3,(H,16,18). The van der Waals surface area contributed by atoms with Crippen molar-refractivity contribution in [3.63, 3.8) is 0 Å². The lowest BCUT2D eigenvalue weighted by Gasteiger charge is -2.26. The fourth-order valence-electron chi connectivity index (χ4n) is 1.67. The first-order valence-electron chi connectivity index (χ1n) is 5.87. The van der Waals surface area contributed by atoms with Crippen molar-refractivity contribution < 1.29 is 4.79 Å². The quantitative estimate of drug-likeness (QED) is 0.850. The number of nitrogens with one attached hydrogen (secondary N) is 1.